The van der Waals surface area contributed by atoms with Crippen molar-refractivity contribution in [2.24, 2.45) is 17.8 Å². The van der Waals surface area contributed by atoms with E-state index in [1.807, 2.05) is 0 Å². The van der Waals surface area contributed by atoms with Crippen LogP contribution in [-0.2, 0) is 19.1 Å². The lowest BCUT2D eigenvalue weighted by molar-refractivity contribution is -0.146. The van der Waals surface area contributed by atoms with Gasteiger partial charge in [0.25, 0.3) is 0 Å². The van der Waals surface area contributed by atoms with Crippen LogP contribution in [0, 0.1) is 17.8 Å². The molecule has 1 heterocycles. The Kier molecular flexibility index (Phi) is 5.50. The Morgan fingerprint density at radius 2 is 1.61 bits per heavy atom. The van der Waals surface area contributed by atoms with Crippen molar-refractivity contribution in [1.82, 2.24) is 0 Å². The Balaban J connectivity index is 2.67. The van der Waals surface area contributed by atoms with Crippen molar-refractivity contribution < 1.29 is 19.1 Å². The summed E-state index contributed by atoms with van der Waals surface area (Å²) >= 11 is 1.60. The second-order valence-corrected chi connectivity index (χ2v) is 6.37. The Labute approximate surface area is 113 Å². The van der Waals surface area contributed by atoms with Crippen LogP contribution in [0.2, 0.25) is 0 Å². The molecule has 5 heteroatoms. The van der Waals surface area contributed by atoms with E-state index in [1.165, 1.54) is 13.8 Å². The van der Waals surface area contributed by atoms with Crippen molar-refractivity contribution in [3.63, 3.8) is 0 Å². The molecule has 1 fully saturated rings. The largest absolute Gasteiger partial charge is 0.465 e. The molecule has 2 unspecified atom stereocenters. The van der Waals surface area contributed by atoms with E-state index in [4.69, 9.17) is 9.47 Å². The average Bonchev–Trinajstić information content (AvgIpc) is 2.27. The molecule has 1 rings (SSSR count). The number of hydrogen-bond donors (Lipinski definition) is 0. The van der Waals surface area contributed by atoms with Crippen LogP contribution in [0.1, 0.15) is 34.6 Å². The summed E-state index contributed by atoms with van der Waals surface area (Å²) in [7, 11) is 0. The Morgan fingerprint density at radius 3 is 2.11 bits per heavy atom. The molecule has 0 aromatic rings. The highest BCUT2D eigenvalue weighted by atomic mass is 32.2. The van der Waals surface area contributed by atoms with Crippen LogP contribution >= 0.6 is 11.8 Å². The Morgan fingerprint density at radius 1 is 1.00 bits per heavy atom. The van der Waals surface area contributed by atoms with Gasteiger partial charge in [0.05, 0.1) is 0 Å². The minimum atomic E-state index is -0.266. The van der Waals surface area contributed by atoms with Gasteiger partial charge in [0.1, 0.15) is 6.61 Å². The van der Waals surface area contributed by atoms with E-state index in [0.29, 0.717) is 24.4 Å². The number of rotatable bonds is 3. The molecule has 18 heavy (non-hydrogen) atoms. The molecule has 5 atom stereocenters. The molecule has 0 aromatic heterocycles. The second-order valence-electron chi connectivity index (χ2n) is 5.03. The highest BCUT2D eigenvalue weighted by molar-refractivity contribution is 8.00. The maximum absolute atomic E-state index is 11.1. The fourth-order valence-electron chi connectivity index (χ4n) is 2.17. The van der Waals surface area contributed by atoms with Crippen LogP contribution in [0.25, 0.3) is 0 Å². The lowest BCUT2D eigenvalue weighted by atomic mass is 9.82. The maximum Gasteiger partial charge on any atom is 0.303 e. The first-order valence-corrected chi connectivity index (χ1v) is 7.23. The summed E-state index contributed by atoms with van der Waals surface area (Å²) < 4.78 is 10.4. The maximum atomic E-state index is 11.1. The van der Waals surface area contributed by atoms with E-state index in [1.54, 1.807) is 11.8 Å². The number of carbonyl (C=O) groups is 2. The fourth-order valence-corrected chi connectivity index (χ4v) is 3.85. The standard InChI is InChI=1S/C13H22O4S/c1-7-8(2)12(6-16-10(4)14)18-13(9(7)3)17-11(5)15/h7-9,12-13H,6H2,1-5H3/t7-,8-,9?,12?,13-/m0/s1. The molecule has 0 radical (unpaired) electrons. The van der Waals surface area contributed by atoms with Crippen molar-refractivity contribution in [1.29, 1.82) is 0 Å². The summed E-state index contributed by atoms with van der Waals surface area (Å²) in [5.41, 5.74) is -0.144. The summed E-state index contributed by atoms with van der Waals surface area (Å²) in [6, 6.07) is 0. The fraction of sp³-hybridized carbons (Fsp3) is 0.846. The average molecular weight is 274 g/mol. The summed E-state index contributed by atoms with van der Waals surface area (Å²) in [6.45, 7) is 9.64. The summed E-state index contributed by atoms with van der Waals surface area (Å²) in [5.74, 6) is 0.639. The molecule has 0 N–H and O–H groups in total. The van der Waals surface area contributed by atoms with Crippen LogP contribution in [-0.4, -0.2) is 29.2 Å². The number of thioether (sulfide) groups is 1. The zero-order valence-corrected chi connectivity index (χ0v) is 12.5. The van der Waals surface area contributed by atoms with E-state index in [9.17, 15) is 9.59 Å². The third kappa shape index (κ3) is 3.90. The molecular formula is C13H22O4S. The van der Waals surface area contributed by atoms with Crippen LogP contribution in [0.3, 0.4) is 0 Å². The molecule has 0 aliphatic carbocycles. The molecule has 4 nitrogen and oxygen atoms in total. The van der Waals surface area contributed by atoms with E-state index >= 15 is 0 Å². The molecule has 0 amide bonds. The first-order chi connectivity index (χ1) is 8.32. The van der Waals surface area contributed by atoms with Gasteiger partial charge in [-0.1, -0.05) is 20.8 Å². The smallest absolute Gasteiger partial charge is 0.303 e. The van der Waals surface area contributed by atoms with Gasteiger partial charge < -0.3 is 9.47 Å². The van der Waals surface area contributed by atoms with Gasteiger partial charge in [0.2, 0.25) is 0 Å². The number of ether oxygens (including phenoxy) is 2. The van der Waals surface area contributed by atoms with E-state index < -0.39 is 0 Å². The predicted octanol–water partition coefficient (Wildman–Crippen LogP) is 2.46. The quantitative estimate of drug-likeness (QED) is 0.740. The minimum absolute atomic E-state index is 0.144. The molecule has 0 bridgehead atoms. The minimum Gasteiger partial charge on any atom is -0.465 e. The van der Waals surface area contributed by atoms with E-state index in [-0.39, 0.29) is 22.6 Å². The Hall–Kier alpha value is -0.710. The number of esters is 2. The van der Waals surface area contributed by atoms with Crippen LogP contribution in [0.4, 0.5) is 0 Å². The lowest BCUT2D eigenvalue weighted by Crippen LogP contribution is -2.42. The summed E-state index contributed by atoms with van der Waals surface area (Å²) in [4.78, 5) is 22.0. The zero-order valence-electron chi connectivity index (χ0n) is 11.6. The molecule has 1 aliphatic heterocycles. The third-order valence-corrected chi connectivity index (χ3v) is 5.43. The lowest BCUT2D eigenvalue weighted by Gasteiger charge is -2.42. The van der Waals surface area contributed by atoms with Gasteiger partial charge in [-0.25, -0.2) is 0 Å². The molecule has 1 aliphatic rings. The van der Waals surface area contributed by atoms with E-state index in [0.717, 1.165) is 0 Å². The third-order valence-electron chi connectivity index (χ3n) is 3.72. The molecule has 0 saturated carbocycles. The molecule has 0 spiro atoms. The normalized spacial score (nSPS) is 35.9. The van der Waals surface area contributed by atoms with Crippen molar-refractivity contribution in [3.05, 3.63) is 0 Å². The second kappa shape index (κ2) is 6.45. The molecule has 0 aromatic carbocycles. The van der Waals surface area contributed by atoms with Gasteiger partial charge in [-0.15, -0.1) is 11.8 Å². The van der Waals surface area contributed by atoms with E-state index in [2.05, 4.69) is 20.8 Å². The molecule has 104 valence electrons. The van der Waals surface area contributed by atoms with Gasteiger partial charge in [0, 0.05) is 25.0 Å². The Bertz CT molecular complexity index is 316. The highest BCUT2D eigenvalue weighted by Gasteiger charge is 2.40. The summed E-state index contributed by atoms with van der Waals surface area (Å²) in [6.07, 6.45) is 0. The predicted molar refractivity (Wildman–Crippen MR) is 71.1 cm³/mol. The van der Waals surface area contributed by atoms with Crippen LogP contribution in [0.5, 0.6) is 0 Å². The zero-order chi connectivity index (χ0) is 13.9. The van der Waals surface area contributed by atoms with Crippen molar-refractivity contribution >= 4 is 23.7 Å². The number of hydrogen-bond acceptors (Lipinski definition) is 5. The van der Waals surface area contributed by atoms with Gasteiger partial charge in [0.15, 0.2) is 5.44 Å². The van der Waals surface area contributed by atoms with Crippen molar-refractivity contribution in [2.45, 2.75) is 45.3 Å². The summed E-state index contributed by atoms with van der Waals surface area (Å²) in [5, 5.41) is 0.185. The van der Waals surface area contributed by atoms with Crippen LogP contribution < -0.4 is 0 Å². The van der Waals surface area contributed by atoms with Crippen molar-refractivity contribution in [2.75, 3.05) is 6.61 Å². The van der Waals surface area contributed by atoms with Gasteiger partial charge in [-0.3, -0.25) is 9.59 Å². The monoisotopic (exact) mass is 274 g/mol. The highest BCUT2D eigenvalue weighted by Crippen LogP contribution is 2.43. The topological polar surface area (TPSA) is 52.6 Å². The SMILES string of the molecule is CC(=O)OCC1S[C@H](OC(C)=O)C(C)[C@@H](C)[C@@H]1C. The number of carbonyl (C=O) groups excluding carboxylic acids is 2. The van der Waals surface area contributed by atoms with Gasteiger partial charge in [-0.05, 0) is 11.8 Å². The first kappa shape index (κ1) is 15.3. The molecule has 1 saturated heterocycles. The van der Waals surface area contributed by atoms with Gasteiger partial charge >= 0.3 is 11.9 Å². The van der Waals surface area contributed by atoms with Crippen LogP contribution in [0.15, 0.2) is 0 Å². The first-order valence-electron chi connectivity index (χ1n) is 6.29. The van der Waals surface area contributed by atoms with Gasteiger partial charge in [-0.2, -0.15) is 0 Å². The molecular weight excluding hydrogens is 252 g/mol. The van der Waals surface area contributed by atoms with Crippen molar-refractivity contribution in [3.8, 4) is 0 Å².